The molecule has 0 N–H and O–H groups in total. The fourth-order valence-corrected chi connectivity index (χ4v) is 7.52. The van der Waals surface area contributed by atoms with Gasteiger partial charge in [-0.15, -0.1) is 0 Å². The van der Waals surface area contributed by atoms with E-state index >= 15 is 0 Å². The molecule has 0 aliphatic heterocycles. The lowest BCUT2D eigenvalue weighted by Gasteiger charge is -2.22. The Balaban J connectivity index is 1.24. The number of hydrogen-bond acceptors (Lipinski definition) is 3. The molecule has 7 rings (SSSR count). The molecule has 7 aromatic rings. The van der Waals surface area contributed by atoms with Crippen molar-refractivity contribution >= 4 is 21.8 Å². The zero-order chi connectivity index (χ0) is 34.8. The molecule has 0 aliphatic carbocycles. The van der Waals surface area contributed by atoms with Crippen molar-refractivity contribution in [1.82, 2.24) is 19.3 Å². The van der Waals surface area contributed by atoms with E-state index < -0.39 is 0 Å². The average molecular weight is 661 g/mol. The Labute approximate surface area is 296 Å². The van der Waals surface area contributed by atoms with Crippen molar-refractivity contribution in [1.29, 1.82) is 0 Å². The summed E-state index contributed by atoms with van der Waals surface area (Å²) in [5.74, 6) is 3.82. The molecule has 0 fully saturated rings. The predicted molar refractivity (Wildman–Crippen MR) is 208 cm³/mol. The van der Waals surface area contributed by atoms with Gasteiger partial charge in [-0.1, -0.05) is 96.8 Å². The largest absolute Gasteiger partial charge is 0.457 e. The fourth-order valence-electron chi connectivity index (χ4n) is 7.52. The minimum atomic E-state index is 0.410. The third-order valence-electron chi connectivity index (χ3n) is 10.1. The van der Waals surface area contributed by atoms with Crippen LogP contribution < -0.4 is 4.74 Å². The summed E-state index contributed by atoms with van der Waals surface area (Å²) in [5, 5.41) is 7.25. The smallest absolute Gasteiger partial charge is 0.137 e. The van der Waals surface area contributed by atoms with E-state index in [2.05, 4.69) is 137 Å². The lowest BCUT2D eigenvalue weighted by atomic mass is 9.82. The van der Waals surface area contributed by atoms with E-state index in [1.807, 2.05) is 29.2 Å². The highest BCUT2D eigenvalue weighted by Crippen LogP contribution is 2.40. The standard InChI is InChI=1S/C45H48N4O/c1-7-13-31(5)38-18-12-19-39(32(6)14-8-2)45(38)34-28-47-48(29-34)35-15-11-16-36(26-35)50-37-21-22-41-40-17-9-10-20-42(40)49(43(41)27-37)44-25-33(30(3)4)23-24-46-44/h9-12,15-32H,7-8,13-14H2,1-6H3/t31-,32?/m1/s1. The molecule has 0 spiro atoms. The van der Waals surface area contributed by atoms with E-state index in [0.29, 0.717) is 17.8 Å². The second kappa shape index (κ2) is 14.4. The molecule has 254 valence electrons. The first-order valence-corrected chi connectivity index (χ1v) is 18.3. The van der Waals surface area contributed by atoms with Gasteiger partial charge < -0.3 is 4.74 Å². The maximum atomic E-state index is 6.57. The van der Waals surface area contributed by atoms with Crippen molar-refractivity contribution in [3.8, 4) is 34.1 Å². The Bertz CT molecular complexity index is 2230. The molecule has 4 aromatic carbocycles. The summed E-state index contributed by atoms with van der Waals surface area (Å²) < 4.78 is 10.8. The van der Waals surface area contributed by atoms with Crippen molar-refractivity contribution < 1.29 is 4.74 Å². The van der Waals surface area contributed by atoms with Crippen molar-refractivity contribution in [2.24, 2.45) is 0 Å². The molecule has 5 nitrogen and oxygen atoms in total. The molecule has 0 bridgehead atoms. The maximum absolute atomic E-state index is 6.57. The minimum Gasteiger partial charge on any atom is -0.457 e. The summed E-state index contributed by atoms with van der Waals surface area (Å²) in [6.45, 7) is 13.7. The Hall–Kier alpha value is -5.16. The highest BCUT2D eigenvalue weighted by molar-refractivity contribution is 6.09. The van der Waals surface area contributed by atoms with Crippen LogP contribution >= 0.6 is 0 Å². The molecule has 50 heavy (non-hydrogen) atoms. The lowest BCUT2D eigenvalue weighted by molar-refractivity contribution is 0.483. The van der Waals surface area contributed by atoms with Crippen molar-refractivity contribution in [2.45, 2.75) is 85.0 Å². The second-order valence-corrected chi connectivity index (χ2v) is 14.1. The van der Waals surface area contributed by atoms with Crippen molar-refractivity contribution in [3.05, 3.63) is 132 Å². The van der Waals surface area contributed by atoms with Gasteiger partial charge in [0.25, 0.3) is 0 Å². The van der Waals surface area contributed by atoms with Gasteiger partial charge in [-0.25, -0.2) is 9.67 Å². The van der Waals surface area contributed by atoms with Crippen LogP contribution in [0.4, 0.5) is 0 Å². The SMILES string of the molecule is CCCC(C)c1cccc([C@H](C)CCC)c1-c1cnn(-c2cccc(Oc3ccc4c5ccccc5n(-c5cc(C(C)C)ccn5)c4c3)c2)c1. The highest BCUT2D eigenvalue weighted by Gasteiger charge is 2.20. The van der Waals surface area contributed by atoms with Gasteiger partial charge in [-0.3, -0.25) is 4.57 Å². The first-order valence-electron chi connectivity index (χ1n) is 18.3. The third-order valence-corrected chi connectivity index (χ3v) is 10.1. The zero-order valence-electron chi connectivity index (χ0n) is 30.2. The number of benzene rings is 4. The third kappa shape index (κ3) is 6.45. The van der Waals surface area contributed by atoms with Crippen LogP contribution in [0.15, 0.2) is 116 Å². The number of pyridine rings is 1. The number of rotatable bonds is 12. The summed E-state index contributed by atoms with van der Waals surface area (Å²) in [6.07, 6.45) is 10.8. The van der Waals surface area contributed by atoms with E-state index in [0.717, 1.165) is 34.0 Å². The van der Waals surface area contributed by atoms with Crippen LogP contribution in [0.2, 0.25) is 0 Å². The number of ether oxygens (including phenoxy) is 1. The minimum absolute atomic E-state index is 0.410. The van der Waals surface area contributed by atoms with Gasteiger partial charge in [0.1, 0.15) is 17.3 Å². The topological polar surface area (TPSA) is 44.9 Å². The van der Waals surface area contributed by atoms with Crippen LogP contribution in [-0.2, 0) is 0 Å². The van der Waals surface area contributed by atoms with E-state index in [1.54, 1.807) is 0 Å². The van der Waals surface area contributed by atoms with E-state index in [1.165, 1.54) is 64.3 Å². The Kier molecular flexibility index (Phi) is 9.58. The van der Waals surface area contributed by atoms with Gasteiger partial charge in [0.15, 0.2) is 0 Å². The molecule has 5 heteroatoms. The van der Waals surface area contributed by atoms with E-state index in [9.17, 15) is 0 Å². The van der Waals surface area contributed by atoms with Gasteiger partial charge in [0, 0.05) is 40.9 Å². The van der Waals surface area contributed by atoms with Crippen molar-refractivity contribution in [3.63, 3.8) is 0 Å². The average Bonchev–Trinajstić information content (AvgIpc) is 3.75. The van der Waals surface area contributed by atoms with E-state index in [4.69, 9.17) is 14.8 Å². The molecule has 3 heterocycles. The number of fused-ring (bicyclic) bond motifs is 3. The van der Waals surface area contributed by atoms with Gasteiger partial charge >= 0.3 is 0 Å². The summed E-state index contributed by atoms with van der Waals surface area (Å²) in [5.41, 5.74) is 9.77. The first-order chi connectivity index (χ1) is 24.4. The van der Waals surface area contributed by atoms with Crippen LogP contribution in [0, 0.1) is 0 Å². The van der Waals surface area contributed by atoms with Gasteiger partial charge in [-0.2, -0.15) is 5.10 Å². The fraction of sp³-hybridized carbons (Fsp3) is 0.289. The summed E-state index contributed by atoms with van der Waals surface area (Å²) in [7, 11) is 0. The normalized spacial score (nSPS) is 12.9. The summed E-state index contributed by atoms with van der Waals surface area (Å²) in [6, 6.07) is 34.2. The second-order valence-electron chi connectivity index (χ2n) is 14.1. The van der Waals surface area contributed by atoms with E-state index in [-0.39, 0.29) is 0 Å². The Morgan fingerprint density at radius 2 is 1.38 bits per heavy atom. The predicted octanol–water partition coefficient (Wildman–Crippen LogP) is 12.8. The number of para-hydroxylation sites is 1. The Morgan fingerprint density at radius 3 is 2.12 bits per heavy atom. The number of hydrogen-bond donors (Lipinski definition) is 0. The Morgan fingerprint density at radius 1 is 0.680 bits per heavy atom. The molecule has 2 atom stereocenters. The zero-order valence-corrected chi connectivity index (χ0v) is 30.2. The molecule has 0 saturated heterocycles. The van der Waals surface area contributed by atoms with Crippen LogP contribution in [0.3, 0.4) is 0 Å². The van der Waals surface area contributed by atoms with Crippen molar-refractivity contribution in [2.75, 3.05) is 0 Å². The van der Waals surface area contributed by atoms with Crippen LogP contribution in [0.5, 0.6) is 11.5 Å². The van der Waals surface area contributed by atoms with Crippen LogP contribution in [0.1, 0.15) is 102 Å². The number of nitrogens with zero attached hydrogens (tertiary/aromatic N) is 4. The number of aromatic nitrogens is 4. The lowest BCUT2D eigenvalue weighted by Crippen LogP contribution is -2.03. The molecule has 0 saturated carbocycles. The first kappa shape index (κ1) is 33.3. The van der Waals surface area contributed by atoms with Crippen LogP contribution in [-0.4, -0.2) is 19.3 Å². The monoisotopic (exact) mass is 660 g/mol. The molecule has 0 aliphatic rings. The van der Waals surface area contributed by atoms with Gasteiger partial charge in [0.2, 0.25) is 0 Å². The molecule has 1 unspecified atom stereocenters. The highest BCUT2D eigenvalue weighted by atomic mass is 16.5. The quantitative estimate of drug-likeness (QED) is 0.131. The summed E-state index contributed by atoms with van der Waals surface area (Å²) >= 11 is 0. The van der Waals surface area contributed by atoms with Crippen LogP contribution in [0.25, 0.3) is 44.4 Å². The maximum Gasteiger partial charge on any atom is 0.137 e. The molecule has 0 amide bonds. The van der Waals surface area contributed by atoms with Gasteiger partial charge in [-0.05, 0) is 95.3 Å². The van der Waals surface area contributed by atoms with Gasteiger partial charge in [0.05, 0.1) is 22.9 Å². The molecule has 0 radical (unpaired) electrons. The molecule has 3 aromatic heterocycles. The molecular formula is C45H48N4O. The summed E-state index contributed by atoms with van der Waals surface area (Å²) in [4.78, 5) is 4.81. The molecular weight excluding hydrogens is 613 g/mol.